The van der Waals surface area contributed by atoms with Crippen LogP contribution in [0.2, 0.25) is 0 Å². The average molecular weight is 166 g/mol. The molecule has 1 rings (SSSR count). The van der Waals surface area contributed by atoms with Gasteiger partial charge in [0.2, 0.25) is 6.04 Å². The molecule has 0 aliphatic carbocycles. The summed E-state index contributed by atoms with van der Waals surface area (Å²) in [4.78, 5) is 13.9. The summed E-state index contributed by atoms with van der Waals surface area (Å²) >= 11 is 0. The first-order chi connectivity index (χ1) is 5.70. The van der Waals surface area contributed by atoms with Crippen LogP contribution >= 0.6 is 0 Å². The van der Waals surface area contributed by atoms with Crippen molar-refractivity contribution in [2.75, 3.05) is 0 Å². The Kier molecular flexibility index (Phi) is 2.74. The van der Waals surface area contributed by atoms with Gasteiger partial charge in [-0.15, -0.1) is 0 Å². The largest absolute Gasteiger partial charge is 0.264 e. The normalized spacial score (nSPS) is 12.4. The minimum Gasteiger partial charge on any atom is -0.264 e. The van der Waals surface area contributed by atoms with Crippen molar-refractivity contribution in [1.82, 2.24) is 4.98 Å². The second-order valence-corrected chi connectivity index (χ2v) is 2.70. The van der Waals surface area contributed by atoms with Crippen LogP contribution in [-0.2, 0) is 6.42 Å². The average Bonchev–Trinajstić information content (AvgIpc) is 2.06. The zero-order valence-corrected chi connectivity index (χ0v) is 6.80. The maximum atomic E-state index is 10.3. The molecular weight excluding hydrogens is 156 g/mol. The Morgan fingerprint density at radius 2 is 2.50 bits per heavy atom. The van der Waals surface area contributed by atoms with Gasteiger partial charge in [-0.25, -0.2) is 0 Å². The van der Waals surface area contributed by atoms with Crippen molar-refractivity contribution in [3.05, 3.63) is 40.2 Å². The highest BCUT2D eigenvalue weighted by atomic mass is 16.6. The Balaban J connectivity index is 2.58. The second kappa shape index (κ2) is 3.80. The molecule has 0 amide bonds. The fourth-order valence-corrected chi connectivity index (χ4v) is 0.935. The smallest absolute Gasteiger partial charge is 0.214 e. The minimum atomic E-state index is -0.533. The van der Waals surface area contributed by atoms with Crippen LogP contribution in [0.5, 0.6) is 0 Å². The molecule has 4 heteroatoms. The minimum absolute atomic E-state index is 0.285. The first kappa shape index (κ1) is 8.64. The standard InChI is InChI=1S/C8H10N2O2/c1-7(10(11)12)5-8-3-2-4-9-6-8/h2-4,6-7H,5H2,1H3. The molecule has 0 fully saturated rings. The van der Waals surface area contributed by atoms with E-state index in [2.05, 4.69) is 4.98 Å². The fraction of sp³-hybridized carbons (Fsp3) is 0.375. The third kappa shape index (κ3) is 2.30. The van der Waals surface area contributed by atoms with Crippen molar-refractivity contribution in [2.24, 2.45) is 0 Å². The lowest BCUT2D eigenvalue weighted by Crippen LogP contribution is -2.17. The van der Waals surface area contributed by atoms with Crippen molar-refractivity contribution in [3.63, 3.8) is 0 Å². The molecule has 64 valence electrons. The number of hydrogen-bond acceptors (Lipinski definition) is 3. The third-order valence-electron chi connectivity index (χ3n) is 1.61. The van der Waals surface area contributed by atoms with Crippen molar-refractivity contribution in [2.45, 2.75) is 19.4 Å². The van der Waals surface area contributed by atoms with E-state index in [1.807, 2.05) is 6.07 Å². The molecule has 1 heterocycles. The Labute approximate surface area is 70.4 Å². The number of nitrogens with zero attached hydrogens (tertiary/aromatic N) is 2. The number of nitro groups is 1. The molecule has 0 aromatic carbocycles. The van der Waals surface area contributed by atoms with Gasteiger partial charge in [0.25, 0.3) is 0 Å². The highest BCUT2D eigenvalue weighted by molar-refractivity contribution is 5.09. The molecule has 0 aliphatic heterocycles. The van der Waals surface area contributed by atoms with Crippen molar-refractivity contribution >= 4 is 0 Å². The number of hydrogen-bond donors (Lipinski definition) is 0. The Morgan fingerprint density at radius 1 is 1.75 bits per heavy atom. The van der Waals surface area contributed by atoms with Gasteiger partial charge in [0.15, 0.2) is 0 Å². The van der Waals surface area contributed by atoms with E-state index >= 15 is 0 Å². The molecule has 4 nitrogen and oxygen atoms in total. The molecule has 0 N–H and O–H groups in total. The molecular formula is C8H10N2O2. The topological polar surface area (TPSA) is 56.0 Å². The van der Waals surface area contributed by atoms with Crippen LogP contribution in [-0.4, -0.2) is 15.9 Å². The van der Waals surface area contributed by atoms with Crippen LogP contribution in [0.3, 0.4) is 0 Å². The van der Waals surface area contributed by atoms with Crippen molar-refractivity contribution < 1.29 is 4.92 Å². The summed E-state index contributed by atoms with van der Waals surface area (Å²) in [6.45, 7) is 1.59. The first-order valence-corrected chi connectivity index (χ1v) is 3.72. The molecule has 0 saturated carbocycles. The maximum Gasteiger partial charge on any atom is 0.214 e. The molecule has 1 aromatic rings. The molecule has 1 atom stereocenters. The fourth-order valence-electron chi connectivity index (χ4n) is 0.935. The van der Waals surface area contributed by atoms with E-state index in [-0.39, 0.29) is 4.92 Å². The van der Waals surface area contributed by atoms with Gasteiger partial charge < -0.3 is 0 Å². The summed E-state index contributed by atoms with van der Waals surface area (Å²) in [5, 5.41) is 10.3. The van der Waals surface area contributed by atoms with E-state index in [1.54, 1.807) is 25.4 Å². The second-order valence-electron chi connectivity index (χ2n) is 2.70. The zero-order chi connectivity index (χ0) is 8.97. The van der Waals surface area contributed by atoms with Gasteiger partial charge in [-0.3, -0.25) is 15.1 Å². The van der Waals surface area contributed by atoms with Crippen LogP contribution in [0.25, 0.3) is 0 Å². The van der Waals surface area contributed by atoms with Gasteiger partial charge in [-0.05, 0) is 11.6 Å². The molecule has 1 aromatic heterocycles. The lowest BCUT2D eigenvalue weighted by atomic mass is 10.1. The quantitative estimate of drug-likeness (QED) is 0.502. The SMILES string of the molecule is CC(Cc1cccnc1)[N+](=O)[O-]. The molecule has 12 heavy (non-hydrogen) atoms. The van der Waals surface area contributed by atoms with E-state index in [4.69, 9.17) is 0 Å². The lowest BCUT2D eigenvalue weighted by Gasteiger charge is -2.01. The Morgan fingerprint density at radius 3 is 3.00 bits per heavy atom. The number of pyridine rings is 1. The maximum absolute atomic E-state index is 10.3. The number of aromatic nitrogens is 1. The summed E-state index contributed by atoms with van der Waals surface area (Å²) < 4.78 is 0. The van der Waals surface area contributed by atoms with Crippen LogP contribution < -0.4 is 0 Å². The summed E-state index contributed by atoms with van der Waals surface area (Å²) in [6, 6.07) is 3.09. The van der Waals surface area contributed by atoms with Gasteiger partial charge in [-0.2, -0.15) is 0 Å². The van der Waals surface area contributed by atoms with E-state index in [0.29, 0.717) is 6.42 Å². The summed E-state index contributed by atoms with van der Waals surface area (Å²) in [6.07, 6.45) is 3.75. The molecule has 0 spiro atoms. The predicted octanol–water partition coefficient (Wildman–Crippen LogP) is 1.29. The monoisotopic (exact) mass is 166 g/mol. The van der Waals surface area contributed by atoms with Crippen molar-refractivity contribution in [1.29, 1.82) is 0 Å². The van der Waals surface area contributed by atoms with Crippen LogP contribution in [0.4, 0.5) is 0 Å². The Bertz CT molecular complexity index is 261. The van der Waals surface area contributed by atoms with E-state index < -0.39 is 6.04 Å². The molecule has 0 bridgehead atoms. The first-order valence-electron chi connectivity index (χ1n) is 3.72. The number of rotatable bonds is 3. The van der Waals surface area contributed by atoms with Crippen LogP contribution in [0.15, 0.2) is 24.5 Å². The summed E-state index contributed by atoms with van der Waals surface area (Å²) in [7, 11) is 0. The van der Waals surface area contributed by atoms with E-state index in [1.165, 1.54) is 0 Å². The summed E-state index contributed by atoms with van der Waals surface area (Å²) in [5.41, 5.74) is 0.904. The highest BCUT2D eigenvalue weighted by Gasteiger charge is 2.12. The highest BCUT2D eigenvalue weighted by Crippen LogP contribution is 2.02. The van der Waals surface area contributed by atoms with Gasteiger partial charge in [0.1, 0.15) is 0 Å². The van der Waals surface area contributed by atoms with Crippen LogP contribution in [0, 0.1) is 10.1 Å². The predicted molar refractivity (Wildman–Crippen MR) is 44.4 cm³/mol. The van der Waals surface area contributed by atoms with Gasteiger partial charge >= 0.3 is 0 Å². The lowest BCUT2D eigenvalue weighted by molar-refractivity contribution is -0.517. The molecule has 0 saturated heterocycles. The van der Waals surface area contributed by atoms with Crippen molar-refractivity contribution in [3.8, 4) is 0 Å². The molecule has 1 unspecified atom stereocenters. The van der Waals surface area contributed by atoms with E-state index in [0.717, 1.165) is 5.56 Å². The Hall–Kier alpha value is -1.45. The molecule has 0 radical (unpaired) electrons. The zero-order valence-electron chi connectivity index (χ0n) is 6.80. The van der Waals surface area contributed by atoms with Gasteiger partial charge in [0, 0.05) is 30.7 Å². The van der Waals surface area contributed by atoms with Gasteiger partial charge in [-0.1, -0.05) is 6.07 Å². The molecule has 0 aliphatic rings. The van der Waals surface area contributed by atoms with E-state index in [9.17, 15) is 10.1 Å². The summed E-state index contributed by atoms with van der Waals surface area (Å²) in [5.74, 6) is 0. The van der Waals surface area contributed by atoms with Crippen LogP contribution in [0.1, 0.15) is 12.5 Å². The van der Waals surface area contributed by atoms with Gasteiger partial charge in [0.05, 0.1) is 0 Å². The third-order valence-corrected chi connectivity index (χ3v) is 1.61.